The van der Waals surface area contributed by atoms with Crippen molar-refractivity contribution in [3.8, 4) is 0 Å². The lowest BCUT2D eigenvalue weighted by Gasteiger charge is -2.35. The van der Waals surface area contributed by atoms with Gasteiger partial charge in [0.2, 0.25) is 0 Å². The fraction of sp³-hybridized carbons (Fsp3) is 1.00. The first-order valence-electron chi connectivity index (χ1n) is 7.81. The number of ether oxygens (including phenoxy) is 1. The van der Waals surface area contributed by atoms with Gasteiger partial charge in [-0.2, -0.15) is 0 Å². The smallest absolute Gasteiger partial charge is 0.0593 e. The van der Waals surface area contributed by atoms with E-state index in [4.69, 9.17) is 4.74 Å². The summed E-state index contributed by atoms with van der Waals surface area (Å²) in [5.74, 6) is 0.863. The van der Waals surface area contributed by atoms with Gasteiger partial charge in [0.15, 0.2) is 0 Å². The average Bonchev–Trinajstić information content (AvgIpc) is 2.39. The Balaban J connectivity index is 2.04. The van der Waals surface area contributed by atoms with Gasteiger partial charge in [0.25, 0.3) is 0 Å². The van der Waals surface area contributed by atoms with Crippen molar-refractivity contribution < 1.29 is 4.74 Å². The first-order chi connectivity index (χ1) is 8.77. The molecule has 1 heterocycles. The van der Waals surface area contributed by atoms with Crippen LogP contribution in [-0.4, -0.2) is 50.3 Å². The maximum absolute atomic E-state index is 5.64. The second-order valence-electron chi connectivity index (χ2n) is 5.49. The van der Waals surface area contributed by atoms with Crippen LogP contribution in [0.25, 0.3) is 0 Å². The van der Waals surface area contributed by atoms with Gasteiger partial charge in [-0.1, -0.05) is 20.3 Å². The summed E-state index contributed by atoms with van der Waals surface area (Å²) in [5.41, 5.74) is 0. The van der Waals surface area contributed by atoms with E-state index in [1.54, 1.807) is 0 Å². The predicted octanol–water partition coefficient (Wildman–Crippen LogP) is 2.51. The minimum absolute atomic E-state index is 0.679. The lowest BCUT2D eigenvalue weighted by molar-refractivity contribution is 0.0831. The second-order valence-corrected chi connectivity index (χ2v) is 5.49. The average molecular weight is 256 g/mol. The molecule has 0 amide bonds. The van der Waals surface area contributed by atoms with E-state index in [0.29, 0.717) is 6.04 Å². The Morgan fingerprint density at radius 3 is 2.56 bits per heavy atom. The predicted molar refractivity (Wildman–Crippen MR) is 78.0 cm³/mol. The Labute approximate surface area is 113 Å². The highest BCUT2D eigenvalue weighted by atomic mass is 16.5. The molecule has 0 saturated carbocycles. The van der Waals surface area contributed by atoms with E-state index in [-0.39, 0.29) is 0 Å². The van der Waals surface area contributed by atoms with Gasteiger partial charge in [-0.25, -0.2) is 0 Å². The molecular weight excluding hydrogens is 224 g/mol. The molecule has 1 N–H and O–H groups in total. The van der Waals surface area contributed by atoms with E-state index in [0.717, 1.165) is 32.2 Å². The molecule has 108 valence electrons. The summed E-state index contributed by atoms with van der Waals surface area (Å²) in [6.45, 7) is 13.3. The number of likely N-dealkylation sites (tertiary alicyclic amines) is 1. The number of rotatable bonds is 9. The van der Waals surface area contributed by atoms with Crippen molar-refractivity contribution in [3.05, 3.63) is 0 Å². The van der Waals surface area contributed by atoms with Crippen molar-refractivity contribution in [1.82, 2.24) is 10.2 Å². The molecule has 1 aliphatic rings. The van der Waals surface area contributed by atoms with Gasteiger partial charge in [0, 0.05) is 19.2 Å². The number of piperidine rings is 1. The van der Waals surface area contributed by atoms with Gasteiger partial charge in [-0.05, 0) is 51.7 Å². The van der Waals surface area contributed by atoms with Crippen molar-refractivity contribution in [1.29, 1.82) is 0 Å². The summed E-state index contributed by atoms with van der Waals surface area (Å²) >= 11 is 0. The quantitative estimate of drug-likeness (QED) is 0.642. The molecule has 1 atom stereocenters. The van der Waals surface area contributed by atoms with Crippen LogP contribution in [0.4, 0.5) is 0 Å². The van der Waals surface area contributed by atoms with Crippen LogP contribution in [0.3, 0.4) is 0 Å². The first kappa shape index (κ1) is 15.9. The fourth-order valence-corrected chi connectivity index (χ4v) is 2.71. The molecule has 0 bridgehead atoms. The molecule has 0 aromatic rings. The number of nitrogens with one attached hydrogen (secondary N) is 1. The van der Waals surface area contributed by atoms with Crippen molar-refractivity contribution in [2.75, 3.05) is 39.4 Å². The summed E-state index contributed by atoms with van der Waals surface area (Å²) in [6, 6.07) is 0.679. The zero-order valence-corrected chi connectivity index (χ0v) is 12.6. The topological polar surface area (TPSA) is 24.5 Å². The largest absolute Gasteiger partial charge is 0.380 e. The Morgan fingerprint density at radius 1 is 1.22 bits per heavy atom. The van der Waals surface area contributed by atoms with E-state index in [9.17, 15) is 0 Å². The Kier molecular flexibility index (Phi) is 8.64. The monoisotopic (exact) mass is 256 g/mol. The fourth-order valence-electron chi connectivity index (χ4n) is 2.71. The standard InChI is InChI=1S/C15H32N2O/c1-4-6-12-18-13-11-17-9-7-15(8-10-17)14(3)16-5-2/h14-16H,4-13H2,1-3H3. The van der Waals surface area contributed by atoms with Gasteiger partial charge in [-0.15, -0.1) is 0 Å². The molecule has 0 aromatic heterocycles. The van der Waals surface area contributed by atoms with E-state index in [2.05, 4.69) is 31.0 Å². The van der Waals surface area contributed by atoms with Crippen LogP contribution in [0.15, 0.2) is 0 Å². The van der Waals surface area contributed by atoms with E-state index in [1.807, 2.05) is 0 Å². The van der Waals surface area contributed by atoms with E-state index in [1.165, 1.54) is 38.8 Å². The highest BCUT2D eigenvalue weighted by Crippen LogP contribution is 2.20. The van der Waals surface area contributed by atoms with Gasteiger partial charge in [0.1, 0.15) is 0 Å². The molecule has 1 rings (SSSR count). The minimum Gasteiger partial charge on any atom is -0.380 e. The lowest BCUT2D eigenvalue weighted by atomic mass is 9.90. The third-order valence-electron chi connectivity index (χ3n) is 4.06. The third kappa shape index (κ3) is 6.17. The molecule has 0 aliphatic carbocycles. The molecule has 18 heavy (non-hydrogen) atoms. The molecule has 1 saturated heterocycles. The number of nitrogens with zero attached hydrogens (tertiary/aromatic N) is 1. The molecule has 3 nitrogen and oxygen atoms in total. The maximum Gasteiger partial charge on any atom is 0.0593 e. The van der Waals surface area contributed by atoms with Crippen LogP contribution in [0.1, 0.15) is 46.5 Å². The second kappa shape index (κ2) is 9.76. The zero-order chi connectivity index (χ0) is 13.2. The van der Waals surface area contributed by atoms with Crippen molar-refractivity contribution in [3.63, 3.8) is 0 Å². The number of hydrogen-bond donors (Lipinski definition) is 1. The number of unbranched alkanes of at least 4 members (excludes halogenated alkanes) is 1. The number of hydrogen-bond acceptors (Lipinski definition) is 3. The van der Waals surface area contributed by atoms with Crippen LogP contribution in [-0.2, 0) is 4.74 Å². The normalized spacial score (nSPS) is 20.2. The Morgan fingerprint density at radius 2 is 1.94 bits per heavy atom. The Hall–Kier alpha value is -0.120. The van der Waals surface area contributed by atoms with Gasteiger partial charge < -0.3 is 15.0 Å². The minimum atomic E-state index is 0.679. The summed E-state index contributed by atoms with van der Waals surface area (Å²) in [6.07, 6.45) is 5.10. The highest BCUT2D eigenvalue weighted by molar-refractivity contribution is 4.79. The molecule has 1 aliphatic heterocycles. The molecule has 0 spiro atoms. The molecule has 3 heteroatoms. The zero-order valence-electron chi connectivity index (χ0n) is 12.6. The molecule has 1 unspecified atom stereocenters. The molecule has 1 fully saturated rings. The SMILES string of the molecule is CCCCOCCN1CCC(C(C)NCC)CC1. The lowest BCUT2D eigenvalue weighted by Crippen LogP contribution is -2.42. The van der Waals surface area contributed by atoms with Gasteiger partial charge in [0.05, 0.1) is 6.61 Å². The van der Waals surface area contributed by atoms with Crippen LogP contribution < -0.4 is 5.32 Å². The van der Waals surface area contributed by atoms with Crippen molar-refractivity contribution in [2.24, 2.45) is 5.92 Å². The Bertz CT molecular complexity index is 191. The molecular formula is C15H32N2O. The summed E-state index contributed by atoms with van der Waals surface area (Å²) < 4.78 is 5.64. The summed E-state index contributed by atoms with van der Waals surface area (Å²) in [4.78, 5) is 2.56. The highest BCUT2D eigenvalue weighted by Gasteiger charge is 2.22. The van der Waals surface area contributed by atoms with Crippen LogP contribution in [0, 0.1) is 5.92 Å². The summed E-state index contributed by atoms with van der Waals surface area (Å²) in [5, 5.41) is 3.55. The van der Waals surface area contributed by atoms with Gasteiger partial charge in [-0.3, -0.25) is 0 Å². The van der Waals surface area contributed by atoms with Gasteiger partial charge >= 0.3 is 0 Å². The summed E-state index contributed by atoms with van der Waals surface area (Å²) in [7, 11) is 0. The third-order valence-corrected chi connectivity index (χ3v) is 4.06. The van der Waals surface area contributed by atoms with E-state index >= 15 is 0 Å². The van der Waals surface area contributed by atoms with E-state index < -0.39 is 0 Å². The van der Waals surface area contributed by atoms with Crippen molar-refractivity contribution >= 4 is 0 Å². The van der Waals surface area contributed by atoms with Crippen LogP contribution in [0.5, 0.6) is 0 Å². The van der Waals surface area contributed by atoms with Crippen molar-refractivity contribution in [2.45, 2.75) is 52.5 Å². The van der Waals surface area contributed by atoms with Crippen LogP contribution in [0.2, 0.25) is 0 Å². The molecule has 0 aromatic carbocycles. The van der Waals surface area contributed by atoms with Crippen LogP contribution >= 0.6 is 0 Å². The maximum atomic E-state index is 5.64. The first-order valence-corrected chi connectivity index (χ1v) is 7.81. The molecule has 0 radical (unpaired) electrons.